The van der Waals surface area contributed by atoms with Crippen LogP contribution in [0.3, 0.4) is 0 Å². The van der Waals surface area contributed by atoms with E-state index in [4.69, 9.17) is 5.73 Å². The second-order valence-corrected chi connectivity index (χ2v) is 4.64. The van der Waals surface area contributed by atoms with Gasteiger partial charge in [0.1, 0.15) is 0 Å². The van der Waals surface area contributed by atoms with Crippen molar-refractivity contribution in [2.75, 3.05) is 0 Å². The molecule has 1 nitrogen and oxygen atoms in total. The number of nitrogens with two attached hydrogens (primary N) is 1. The number of hydrogen-bond acceptors (Lipinski definition) is 1. The van der Waals surface area contributed by atoms with Crippen LogP contribution in [0, 0.1) is 5.92 Å². The third kappa shape index (κ3) is 4.02. The van der Waals surface area contributed by atoms with E-state index in [2.05, 4.69) is 13.8 Å². The first kappa shape index (κ1) is 15.0. The van der Waals surface area contributed by atoms with E-state index in [1.54, 1.807) is 0 Å². The monoisotopic (exact) mass is 259 g/mol. The molecule has 1 aromatic carbocycles. The summed E-state index contributed by atoms with van der Waals surface area (Å²) in [4.78, 5) is 0. The van der Waals surface area contributed by atoms with E-state index < -0.39 is 11.7 Å². The van der Waals surface area contributed by atoms with Crippen molar-refractivity contribution in [1.82, 2.24) is 0 Å². The molecule has 1 rings (SSSR count). The van der Waals surface area contributed by atoms with Gasteiger partial charge in [0, 0.05) is 6.04 Å². The van der Waals surface area contributed by atoms with E-state index in [9.17, 15) is 13.2 Å². The second-order valence-electron chi connectivity index (χ2n) is 4.64. The summed E-state index contributed by atoms with van der Waals surface area (Å²) in [5.41, 5.74) is 6.33. The third-order valence-corrected chi connectivity index (χ3v) is 3.41. The van der Waals surface area contributed by atoms with Gasteiger partial charge in [0.25, 0.3) is 0 Å². The van der Waals surface area contributed by atoms with Crippen LogP contribution in [0.25, 0.3) is 0 Å². The van der Waals surface area contributed by atoms with Gasteiger partial charge < -0.3 is 5.73 Å². The molecule has 1 atom stereocenters. The zero-order valence-electron chi connectivity index (χ0n) is 10.8. The summed E-state index contributed by atoms with van der Waals surface area (Å²) in [5, 5.41) is 0. The number of benzene rings is 1. The summed E-state index contributed by atoms with van der Waals surface area (Å²) >= 11 is 0. The topological polar surface area (TPSA) is 26.0 Å². The quantitative estimate of drug-likeness (QED) is 0.849. The molecule has 0 aromatic heterocycles. The molecule has 0 saturated heterocycles. The standard InChI is InChI=1S/C14H20F3N/c1-3-11(4-2)13(18)9-10-5-7-12(8-6-10)14(15,16)17/h5-8,11,13H,3-4,9,18H2,1-2H3. The zero-order valence-corrected chi connectivity index (χ0v) is 10.8. The van der Waals surface area contributed by atoms with Gasteiger partial charge in [-0.05, 0) is 30.0 Å². The summed E-state index contributed by atoms with van der Waals surface area (Å²) < 4.78 is 37.2. The molecule has 0 saturated carbocycles. The molecular weight excluding hydrogens is 239 g/mol. The van der Waals surface area contributed by atoms with Crippen molar-refractivity contribution in [3.63, 3.8) is 0 Å². The van der Waals surface area contributed by atoms with Gasteiger partial charge in [0.15, 0.2) is 0 Å². The van der Waals surface area contributed by atoms with E-state index in [0.717, 1.165) is 30.5 Å². The van der Waals surface area contributed by atoms with Gasteiger partial charge in [0.05, 0.1) is 5.56 Å². The first-order chi connectivity index (χ1) is 8.38. The molecule has 0 radical (unpaired) electrons. The molecule has 0 aliphatic heterocycles. The number of alkyl halides is 3. The van der Waals surface area contributed by atoms with Crippen molar-refractivity contribution in [2.24, 2.45) is 11.7 Å². The molecule has 18 heavy (non-hydrogen) atoms. The van der Waals surface area contributed by atoms with Crippen molar-refractivity contribution in [3.05, 3.63) is 35.4 Å². The summed E-state index contributed by atoms with van der Waals surface area (Å²) in [5.74, 6) is 0.423. The van der Waals surface area contributed by atoms with Crippen LogP contribution < -0.4 is 5.73 Å². The average Bonchev–Trinajstić information content (AvgIpc) is 2.30. The number of hydrogen-bond donors (Lipinski definition) is 1. The first-order valence-corrected chi connectivity index (χ1v) is 6.30. The van der Waals surface area contributed by atoms with Gasteiger partial charge in [-0.15, -0.1) is 0 Å². The van der Waals surface area contributed by atoms with Crippen LogP contribution in [-0.4, -0.2) is 6.04 Å². The Bertz CT molecular complexity index is 352. The molecule has 1 aromatic rings. The van der Waals surface area contributed by atoms with Crippen LogP contribution in [0.4, 0.5) is 13.2 Å². The van der Waals surface area contributed by atoms with E-state index in [-0.39, 0.29) is 6.04 Å². The highest BCUT2D eigenvalue weighted by Crippen LogP contribution is 2.29. The number of halogens is 3. The molecule has 4 heteroatoms. The Kier molecular flexibility index (Phi) is 5.20. The molecule has 0 spiro atoms. The lowest BCUT2D eigenvalue weighted by molar-refractivity contribution is -0.137. The summed E-state index contributed by atoms with van der Waals surface area (Å²) in [6.45, 7) is 4.17. The lowest BCUT2D eigenvalue weighted by Crippen LogP contribution is -2.31. The van der Waals surface area contributed by atoms with Crippen LogP contribution in [0.1, 0.15) is 37.8 Å². The van der Waals surface area contributed by atoms with Gasteiger partial charge in [0.2, 0.25) is 0 Å². The van der Waals surface area contributed by atoms with E-state index in [0.29, 0.717) is 12.3 Å². The molecule has 1 unspecified atom stereocenters. The van der Waals surface area contributed by atoms with E-state index in [1.165, 1.54) is 12.1 Å². The fourth-order valence-electron chi connectivity index (χ4n) is 2.16. The van der Waals surface area contributed by atoms with Crippen molar-refractivity contribution in [3.8, 4) is 0 Å². The maximum atomic E-state index is 12.4. The Morgan fingerprint density at radius 2 is 1.56 bits per heavy atom. The van der Waals surface area contributed by atoms with E-state index in [1.807, 2.05) is 0 Å². The predicted octanol–water partition coefficient (Wildman–Crippen LogP) is 4.01. The van der Waals surface area contributed by atoms with Crippen LogP contribution in [0.5, 0.6) is 0 Å². The Balaban J connectivity index is 2.69. The molecule has 2 N–H and O–H groups in total. The largest absolute Gasteiger partial charge is 0.416 e. The van der Waals surface area contributed by atoms with Crippen LogP contribution in [-0.2, 0) is 12.6 Å². The van der Waals surface area contributed by atoms with Crippen LogP contribution in [0.2, 0.25) is 0 Å². The lowest BCUT2D eigenvalue weighted by Gasteiger charge is -2.21. The van der Waals surface area contributed by atoms with Crippen molar-refractivity contribution >= 4 is 0 Å². The molecule has 102 valence electrons. The van der Waals surface area contributed by atoms with Gasteiger partial charge in [-0.2, -0.15) is 13.2 Å². The molecule has 0 aliphatic rings. The van der Waals surface area contributed by atoms with E-state index >= 15 is 0 Å². The van der Waals surface area contributed by atoms with Crippen molar-refractivity contribution < 1.29 is 13.2 Å². The van der Waals surface area contributed by atoms with Crippen molar-refractivity contribution in [1.29, 1.82) is 0 Å². The highest BCUT2D eigenvalue weighted by molar-refractivity contribution is 5.25. The fourth-order valence-corrected chi connectivity index (χ4v) is 2.16. The second kappa shape index (κ2) is 6.23. The number of rotatable bonds is 5. The smallest absolute Gasteiger partial charge is 0.327 e. The van der Waals surface area contributed by atoms with Crippen molar-refractivity contribution in [2.45, 2.75) is 45.3 Å². The molecule has 0 fully saturated rings. The molecule has 0 heterocycles. The van der Waals surface area contributed by atoms with Crippen LogP contribution >= 0.6 is 0 Å². The minimum absolute atomic E-state index is 0.0109. The molecule has 0 amide bonds. The maximum absolute atomic E-state index is 12.4. The highest BCUT2D eigenvalue weighted by Gasteiger charge is 2.30. The molecule has 0 aliphatic carbocycles. The summed E-state index contributed by atoms with van der Waals surface area (Å²) in [7, 11) is 0. The Labute approximate surface area is 106 Å². The predicted molar refractivity (Wildman–Crippen MR) is 67.2 cm³/mol. The zero-order chi connectivity index (χ0) is 13.8. The Morgan fingerprint density at radius 3 is 1.94 bits per heavy atom. The summed E-state index contributed by atoms with van der Waals surface area (Å²) in [6, 6.07) is 5.29. The van der Waals surface area contributed by atoms with Gasteiger partial charge in [-0.1, -0.05) is 38.8 Å². The SMILES string of the molecule is CCC(CC)C(N)Cc1ccc(C(F)(F)F)cc1. The lowest BCUT2D eigenvalue weighted by atomic mass is 9.90. The summed E-state index contributed by atoms with van der Waals surface area (Å²) in [6.07, 6.45) is -1.64. The van der Waals surface area contributed by atoms with Gasteiger partial charge in [-0.3, -0.25) is 0 Å². The third-order valence-electron chi connectivity index (χ3n) is 3.41. The van der Waals surface area contributed by atoms with Gasteiger partial charge >= 0.3 is 6.18 Å². The molecular formula is C14H20F3N. The fraction of sp³-hybridized carbons (Fsp3) is 0.571. The maximum Gasteiger partial charge on any atom is 0.416 e. The minimum Gasteiger partial charge on any atom is -0.327 e. The minimum atomic E-state index is -4.27. The van der Waals surface area contributed by atoms with Crippen LogP contribution in [0.15, 0.2) is 24.3 Å². The first-order valence-electron chi connectivity index (χ1n) is 6.30. The Morgan fingerprint density at radius 1 is 1.06 bits per heavy atom. The Hall–Kier alpha value is -1.03. The highest BCUT2D eigenvalue weighted by atomic mass is 19.4. The average molecular weight is 259 g/mol. The normalized spacial score (nSPS) is 13.9. The molecule has 0 bridgehead atoms. The van der Waals surface area contributed by atoms with Gasteiger partial charge in [-0.25, -0.2) is 0 Å².